The van der Waals surface area contributed by atoms with Crippen molar-refractivity contribution in [3.05, 3.63) is 28.7 Å². The number of aromatic amines is 2. The smallest absolute Gasteiger partial charge is 0.323 e. The summed E-state index contributed by atoms with van der Waals surface area (Å²) in [6.45, 7) is 2.93. The number of carbonyl (C=O) groups excluding carboxylic acids is 1. The second kappa shape index (κ2) is 6.36. The number of rotatable bonds is 4. The number of fused-ring (bicyclic) bond motifs is 1. The fraction of sp³-hybridized carbons (Fsp3) is 0.429. The van der Waals surface area contributed by atoms with E-state index in [-0.39, 0.29) is 11.6 Å². The number of hydrogen-bond acceptors (Lipinski definition) is 4. The Morgan fingerprint density at radius 2 is 2.00 bits per heavy atom. The van der Waals surface area contributed by atoms with Gasteiger partial charge in [-0.3, -0.25) is 4.79 Å². The summed E-state index contributed by atoms with van der Waals surface area (Å²) in [5.41, 5.74) is 1.91. The number of thioether (sulfide) groups is 1. The molecule has 0 saturated carbocycles. The third-order valence-electron chi connectivity index (χ3n) is 3.56. The molecule has 0 aliphatic carbocycles. The molecule has 2 aromatic rings. The molecule has 112 valence electrons. The zero-order chi connectivity index (χ0) is 14.7. The largest absolute Gasteiger partial charge is 0.326 e. The predicted octanol–water partition coefficient (Wildman–Crippen LogP) is 1.23. The van der Waals surface area contributed by atoms with Gasteiger partial charge in [0.05, 0.1) is 11.0 Å². The summed E-state index contributed by atoms with van der Waals surface area (Å²) >= 11 is 1.96. The van der Waals surface area contributed by atoms with Crippen molar-refractivity contribution in [1.82, 2.24) is 14.9 Å². The van der Waals surface area contributed by atoms with Crippen LogP contribution in [0.5, 0.6) is 0 Å². The number of nitrogens with zero attached hydrogens (tertiary/aromatic N) is 1. The first-order valence-corrected chi connectivity index (χ1v) is 8.18. The molecule has 1 fully saturated rings. The minimum absolute atomic E-state index is 0.00505. The number of hydrogen-bond donors (Lipinski definition) is 3. The van der Waals surface area contributed by atoms with Gasteiger partial charge in [0.25, 0.3) is 0 Å². The average Bonchev–Trinajstić information content (AvgIpc) is 2.85. The summed E-state index contributed by atoms with van der Waals surface area (Å²) in [6.07, 6.45) is 0.492. The molecule has 1 aromatic heterocycles. The number of carbonyl (C=O) groups is 1. The molecule has 0 radical (unpaired) electrons. The number of aromatic nitrogens is 2. The lowest BCUT2D eigenvalue weighted by Gasteiger charge is -2.25. The maximum atomic E-state index is 12.0. The van der Waals surface area contributed by atoms with Crippen LogP contribution >= 0.6 is 11.8 Å². The second-order valence-corrected chi connectivity index (χ2v) is 6.32. The SMILES string of the molecule is O=C(CCN1CCSCC1)Nc1ccc2[nH]c(=O)[nH]c2c1. The minimum Gasteiger partial charge on any atom is -0.326 e. The van der Waals surface area contributed by atoms with Gasteiger partial charge in [-0.15, -0.1) is 0 Å². The molecule has 6 nitrogen and oxygen atoms in total. The minimum atomic E-state index is -0.239. The normalized spacial score (nSPS) is 16.2. The zero-order valence-corrected chi connectivity index (χ0v) is 12.5. The topological polar surface area (TPSA) is 81.0 Å². The summed E-state index contributed by atoms with van der Waals surface area (Å²) in [5, 5.41) is 2.88. The van der Waals surface area contributed by atoms with E-state index >= 15 is 0 Å². The van der Waals surface area contributed by atoms with Gasteiger partial charge in [0.1, 0.15) is 0 Å². The molecule has 7 heteroatoms. The highest BCUT2D eigenvalue weighted by Crippen LogP contribution is 2.15. The van der Waals surface area contributed by atoms with Crippen LogP contribution in [0.15, 0.2) is 23.0 Å². The number of imidazole rings is 1. The van der Waals surface area contributed by atoms with Crippen molar-refractivity contribution in [2.24, 2.45) is 0 Å². The van der Waals surface area contributed by atoms with Crippen molar-refractivity contribution in [2.75, 3.05) is 36.5 Å². The van der Waals surface area contributed by atoms with Crippen molar-refractivity contribution in [2.45, 2.75) is 6.42 Å². The molecule has 1 aliphatic heterocycles. The van der Waals surface area contributed by atoms with Gasteiger partial charge in [-0.2, -0.15) is 11.8 Å². The summed E-state index contributed by atoms with van der Waals surface area (Å²) in [5.74, 6) is 2.31. The fourth-order valence-corrected chi connectivity index (χ4v) is 3.40. The van der Waals surface area contributed by atoms with Gasteiger partial charge >= 0.3 is 5.69 Å². The standard InChI is InChI=1S/C14H18N4O2S/c19-13(3-4-18-5-7-21-8-6-18)15-10-1-2-11-12(9-10)17-14(20)16-11/h1-2,9H,3-8H2,(H,15,19)(H2,16,17,20). The molecule has 3 N–H and O–H groups in total. The lowest BCUT2D eigenvalue weighted by Crippen LogP contribution is -2.34. The van der Waals surface area contributed by atoms with Gasteiger partial charge in [-0.05, 0) is 18.2 Å². The van der Waals surface area contributed by atoms with Crippen LogP contribution in [0, 0.1) is 0 Å². The molecule has 0 bridgehead atoms. The quantitative estimate of drug-likeness (QED) is 0.794. The monoisotopic (exact) mass is 306 g/mol. The molecular weight excluding hydrogens is 288 g/mol. The number of benzene rings is 1. The van der Waals surface area contributed by atoms with Crippen LogP contribution in [0.3, 0.4) is 0 Å². The van der Waals surface area contributed by atoms with Crippen LogP contribution in [-0.4, -0.2) is 51.9 Å². The highest BCUT2D eigenvalue weighted by Gasteiger charge is 2.12. The van der Waals surface area contributed by atoms with Gasteiger partial charge in [0.15, 0.2) is 0 Å². The van der Waals surface area contributed by atoms with Gasteiger partial charge in [0, 0.05) is 43.2 Å². The van der Waals surface area contributed by atoms with Crippen molar-refractivity contribution >= 4 is 34.4 Å². The molecule has 3 rings (SSSR count). The lowest BCUT2D eigenvalue weighted by molar-refractivity contribution is -0.116. The summed E-state index contributed by atoms with van der Waals surface area (Å²) in [7, 11) is 0. The van der Waals surface area contributed by atoms with Crippen LogP contribution in [0.25, 0.3) is 11.0 Å². The van der Waals surface area contributed by atoms with Crippen LogP contribution in [0.2, 0.25) is 0 Å². The number of amides is 1. The second-order valence-electron chi connectivity index (χ2n) is 5.09. The first-order valence-electron chi connectivity index (χ1n) is 7.03. The van der Waals surface area contributed by atoms with E-state index in [0.29, 0.717) is 17.6 Å². The Labute approximate surface area is 126 Å². The Balaban J connectivity index is 1.56. The van der Waals surface area contributed by atoms with Gasteiger partial charge < -0.3 is 20.2 Å². The highest BCUT2D eigenvalue weighted by atomic mass is 32.2. The first kappa shape index (κ1) is 14.2. The van der Waals surface area contributed by atoms with Crippen LogP contribution in [-0.2, 0) is 4.79 Å². The van der Waals surface area contributed by atoms with E-state index in [0.717, 1.165) is 36.7 Å². The van der Waals surface area contributed by atoms with E-state index in [4.69, 9.17) is 0 Å². The number of anilines is 1. The van der Waals surface area contributed by atoms with E-state index in [1.807, 2.05) is 11.8 Å². The van der Waals surface area contributed by atoms with Crippen molar-refractivity contribution in [3.63, 3.8) is 0 Å². The van der Waals surface area contributed by atoms with Gasteiger partial charge in [0.2, 0.25) is 5.91 Å². The molecule has 0 atom stereocenters. The Morgan fingerprint density at radius 3 is 2.81 bits per heavy atom. The van der Waals surface area contributed by atoms with E-state index in [1.54, 1.807) is 18.2 Å². The molecule has 2 heterocycles. The lowest BCUT2D eigenvalue weighted by atomic mass is 10.2. The van der Waals surface area contributed by atoms with Crippen LogP contribution < -0.4 is 11.0 Å². The van der Waals surface area contributed by atoms with E-state index in [1.165, 1.54) is 0 Å². The Kier molecular flexibility index (Phi) is 4.31. The van der Waals surface area contributed by atoms with Gasteiger partial charge in [-0.1, -0.05) is 0 Å². The molecule has 1 amide bonds. The summed E-state index contributed by atoms with van der Waals surface area (Å²) < 4.78 is 0. The predicted molar refractivity (Wildman–Crippen MR) is 85.9 cm³/mol. The fourth-order valence-electron chi connectivity index (χ4n) is 2.42. The van der Waals surface area contributed by atoms with Crippen molar-refractivity contribution in [1.29, 1.82) is 0 Å². The third-order valence-corrected chi connectivity index (χ3v) is 4.50. The average molecular weight is 306 g/mol. The highest BCUT2D eigenvalue weighted by molar-refractivity contribution is 7.99. The molecule has 21 heavy (non-hydrogen) atoms. The molecular formula is C14H18N4O2S. The Morgan fingerprint density at radius 1 is 1.24 bits per heavy atom. The van der Waals surface area contributed by atoms with Crippen molar-refractivity contribution in [3.8, 4) is 0 Å². The Bertz CT molecular complexity index is 688. The van der Waals surface area contributed by atoms with Gasteiger partial charge in [-0.25, -0.2) is 4.79 Å². The number of H-pyrrole nitrogens is 2. The number of nitrogens with one attached hydrogen (secondary N) is 3. The maximum Gasteiger partial charge on any atom is 0.323 e. The molecule has 0 unspecified atom stereocenters. The third kappa shape index (κ3) is 3.68. The Hall–Kier alpha value is -1.73. The summed E-state index contributed by atoms with van der Waals surface area (Å²) in [6, 6.07) is 5.34. The van der Waals surface area contributed by atoms with Crippen molar-refractivity contribution < 1.29 is 4.79 Å². The van der Waals surface area contributed by atoms with E-state index < -0.39 is 0 Å². The molecule has 1 saturated heterocycles. The van der Waals surface area contributed by atoms with E-state index in [2.05, 4.69) is 20.2 Å². The first-order chi connectivity index (χ1) is 10.2. The van der Waals surface area contributed by atoms with E-state index in [9.17, 15) is 9.59 Å². The summed E-state index contributed by atoms with van der Waals surface area (Å²) in [4.78, 5) is 30.8. The maximum absolute atomic E-state index is 12.0. The molecule has 0 spiro atoms. The molecule has 1 aliphatic rings. The van der Waals surface area contributed by atoms with Crippen LogP contribution in [0.4, 0.5) is 5.69 Å². The molecule has 1 aromatic carbocycles. The zero-order valence-electron chi connectivity index (χ0n) is 11.6. The van der Waals surface area contributed by atoms with Crippen LogP contribution in [0.1, 0.15) is 6.42 Å².